The zero-order valence-corrected chi connectivity index (χ0v) is 14.9. The van der Waals surface area contributed by atoms with Crippen LogP contribution in [0.1, 0.15) is 5.56 Å². The maximum atomic E-state index is 12.6. The van der Waals surface area contributed by atoms with Crippen LogP contribution in [0.3, 0.4) is 0 Å². The maximum Gasteiger partial charge on any atom is 0.216 e. The summed E-state index contributed by atoms with van der Waals surface area (Å²) in [6, 6.07) is 16.5. The van der Waals surface area contributed by atoms with Crippen molar-refractivity contribution in [2.45, 2.75) is 4.90 Å². The molecule has 136 valence electrons. The van der Waals surface area contributed by atoms with Crippen molar-refractivity contribution in [1.29, 1.82) is 5.26 Å². The van der Waals surface area contributed by atoms with Gasteiger partial charge in [-0.1, -0.05) is 30.3 Å². The number of nitrogens with zero attached hydrogens (tertiary/aromatic N) is 2. The molecule has 0 atom stereocenters. The van der Waals surface area contributed by atoms with E-state index >= 15 is 0 Å². The summed E-state index contributed by atoms with van der Waals surface area (Å²) in [4.78, 5) is 1.54. The number of anilines is 1. The summed E-state index contributed by atoms with van der Waals surface area (Å²) in [5.41, 5.74) is 1.35. The highest BCUT2D eigenvalue weighted by Gasteiger charge is 2.20. The first kappa shape index (κ1) is 19.7. The number of aliphatic hydroxyl groups is 2. The fourth-order valence-corrected chi connectivity index (χ4v) is 3.62. The predicted octanol–water partition coefficient (Wildman–Crippen LogP) is 1.82. The molecule has 0 unspecified atom stereocenters. The van der Waals surface area contributed by atoms with E-state index in [2.05, 4.69) is 0 Å². The third-order valence-electron chi connectivity index (χ3n) is 3.75. The Kier molecular flexibility index (Phi) is 6.92. The van der Waals surface area contributed by atoms with Crippen LogP contribution in [-0.4, -0.2) is 44.9 Å². The van der Waals surface area contributed by atoms with Crippen molar-refractivity contribution in [2.75, 3.05) is 31.2 Å². The lowest BCUT2D eigenvalue weighted by atomic mass is 10.2. The molecule has 2 aromatic rings. The minimum Gasteiger partial charge on any atom is -0.395 e. The normalized spacial score (nSPS) is 11.8. The SMILES string of the molecule is N#CC(=Cc1ccc(N(CCO)CCO)cc1)S(=O)(=O)c1ccccc1. The number of rotatable bonds is 8. The van der Waals surface area contributed by atoms with Crippen LogP contribution < -0.4 is 4.90 Å². The van der Waals surface area contributed by atoms with Gasteiger partial charge in [0.25, 0.3) is 0 Å². The van der Waals surface area contributed by atoms with E-state index in [0.717, 1.165) is 5.69 Å². The number of hydrogen-bond donors (Lipinski definition) is 2. The Morgan fingerprint density at radius 1 is 1.00 bits per heavy atom. The van der Waals surface area contributed by atoms with Gasteiger partial charge in [0.15, 0.2) is 0 Å². The molecule has 26 heavy (non-hydrogen) atoms. The number of nitriles is 1. The minimum absolute atomic E-state index is 0.0461. The Bertz CT molecular complexity index is 879. The van der Waals surface area contributed by atoms with Crippen molar-refractivity contribution in [2.24, 2.45) is 0 Å². The van der Waals surface area contributed by atoms with Gasteiger partial charge in [-0.25, -0.2) is 8.42 Å². The molecule has 0 heterocycles. The van der Waals surface area contributed by atoms with Gasteiger partial charge in [-0.15, -0.1) is 0 Å². The van der Waals surface area contributed by atoms with Crippen LogP contribution in [-0.2, 0) is 9.84 Å². The minimum atomic E-state index is -3.87. The smallest absolute Gasteiger partial charge is 0.216 e. The summed E-state index contributed by atoms with van der Waals surface area (Å²) in [6.07, 6.45) is 1.33. The largest absolute Gasteiger partial charge is 0.395 e. The predicted molar refractivity (Wildman–Crippen MR) is 100 cm³/mol. The van der Waals surface area contributed by atoms with Crippen molar-refractivity contribution in [3.63, 3.8) is 0 Å². The molecule has 0 amide bonds. The Morgan fingerprint density at radius 3 is 2.08 bits per heavy atom. The van der Waals surface area contributed by atoms with Crippen molar-refractivity contribution in [3.05, 3.63) is 65.1 Å². The lowest BCUT2D eigenvalue weighted by Gasteiger charge is -2.22. The summed E-state index contributed by atoms with van der Waals surface area (Å²) < 4.78 is 25.1. The van der Waals surface area contributed by atoms with E-state index in [4.69, 9.17) is 10.2 Å². The molecular formula is C19H20N2O4S. The fourth-order valence-electron chi connectivity index (χ4n) is 2.44. The van der Waals surface area contributed by atoms with Crippen molar-refractivity contribution in [3.8, 4) is 6.07 Å². The molecule has 6 nitrogen and oxygen atoms in total. The average Bonchev–Trinajstić information content (AvgIpc) is 2.67. The molecule has 0 fully saturated rings. The Morgan fingerprint density at radius 2 is 1.58 bits per heavy atom. The van der Waals surface area contributed by atoms with E-state index < -0.39 is 9.84 Å². The van der Waals surface area contributed by atoms with Crippen LogP contribution in [0, 0.1) is 11.3 Å². The molecule has 7 heteroatoms. The molecule has 0 spiro atoms. The first-order valence-corrected chi connectivity index (χ1v) is 9.50. The third kappa shape index (κ3) is 4.70. The first-order valence-electron chi connectivity index (χ1n) is 8.01. The zero-order valence-electron chi connectivity index (χ0n) is 14.1. The Hall–Kier alpha value is -2.66. The monoisotopic (exact) mass is 372 g/mol. The lowest BCUT2D eigenvalue weighted by molar-refractivity contribution is 0.281. The zero-order chi connectivity index (χ0) is 19.0. The second-order valence-corrected chi connectivity index (χ2v) is 7.38. The molecule has 2 N–H and O–H groups in total. The van der Waals surface area contributed by atoms with E-state index in [1.807, 2.05) is 0 Å². The van der Waals surface area contributed by atoms with Gasteiger partial charge in [-0.3, -0.25) is 0 Å². The summed E-state index contributed by atoms with van der Waals surface area (Å²) in [5, 5.41) is 27.5. The standard InChI is InChI=1S/C19H20N2O4S/c20-15-19(26(24,25)18-4-2-1-3-5-18)14-16-6-8-17(9-7-16)21(10-12-22)11-13-23/h1-9,14,22-23H,10-13H2. The van der Waals surface area contributed by atoms with E-state index in [9.17, 15) is 13.7 Å². The highest BCUT2D eigenvalue weighted by atomic mass is 32.2. The first-order chi connectivity index (χ1) is 12.5. The lowest BCUT2D eigenvalue weighted by Crippen LogP contribution is -2.29. The fraction of sp³-hybridized carbons (Fsp3) is 0.211. The van der Waals surface area contributed by atoms with Crippen LogP contribution in [0.2, 0.25) is 0 Å². The van der Waals surface area contributed by atoms with Crippen LogP contribution in [0.5, 0.6) is 0 Å². The van der Waals surface area contributed by atoms with Crippen molar-refractivity contribution >= 4 is 21.6 Å². The molecular weight excluding hydrogens is 352 g/mol. The number of hydrogen-bond acceptors (Lipinski definition) is 6. The van der Waals surface area contributed by atoms with Gasteiger partial charge < -0.3 is 15.1 Å². The molecule has 0 radical (unpaired) electrons. The highest BCUT2D eigenvalue weighted by Crippen LogP contribution is 2.22. The van der Waals surface area contributed by atoms with E-state index in [0.29, 0.717) is 18.7 Å². The van der Waals surface area contributed by atoms with E-state index in [1.54, 1.807) is 53.4 Å². The Labute approximate surface area is 153 Å². The van der Waals surface area contributed by atoms with Gasteiger partial charge in [0.05, 0.1) is 18.1 Å². The molecule has 2 rings (SSSR count). The molecule has 0 bridgehead atoms. The number of allylic oxidation sites excluding steroid dienone is 1. The van der Waals surface area contributed by atoms with Crippen molar-refractivity contribution < 1.29 is 18.6 Å². The summed E-state index contributed by atoms with van der Waals surface area (Å²) >= 11 is 0. The van der Waals surface area contributed by atoms with E-state index in [1.165, 1.54) is 18.2 Å². The molecule has 2 aromatic carbocycles. The summed E-state index contributed by atoms with van der Waals surface area (Å²) in [7, 11) is -3.87. The van der Waals surface area contributed by atoms with Crippen LogP contribution in [0.4, 0.5) is 5.69 Å². The molecule has 0 saturated carbocycles. The molecule has 0 aliphatic rings. The number of benzene rings is 2. The Balaban J connectivity index is 2.31. The van der Waals surface area contributed by atoms with Crippen molar-refractivity contribution in [1.82, 2.24) is 0 Å². The average molecular weight is 372 g/mol. The quantitative estimate of drug-likeness (QED) is 0.686. The topological polar surface area (TPSA) is 102 Å². The summed E-state index contributed by atoms with van der Waals surface area (Å²) in [5.74, 6) is 0. The maximum absolute atomic E-state index is 12.6. The second kappa shape index (κ2) is 9.15. The van der Waals surface area contributed by atoms with Gasteiger partial charge in [0.2, 0.25) is 9.84 Å². The molecule has 0 saturated heterocycles. The highest BCUT2D eigenvalue weighted by molar-refractivity contribution is 7.95. The molecule has 0 aliphatic heterocycles. The van der Waals surface area contributed by atoms with Crippen LogP contribution >= 0.6 is 0 Å². The third-order valence-corrected chi connectivity index (χ3v) is 5.43. The number of sulfone groups is 1. The van der Waals surface area contributed by atoms with Gasteiger partial charge in [-0.05, 0) is 35.9 Å². The summed E-state index contributed by atoms with van der Waals surface area (Å²) in [6.45, 7) is 0.661. The van der Waals surface area contributed by atoms with Gasteiger partial charge in [-0.2, -0.15) is 5.26 Å². The van der Waals surface area contributed by atoms with Gasteiger partial charge >= 0.3 is 0 Å². The van der Waals surface area contributed by atoms with Gasteiger partial charge in [0.1, 0.15) is 11.0 Å². The van der Waals surface area contributed by atoms with E-state index in [-0.39, 0.29) is 23.0 Å². The van der Waals surface area contributed by atoms with Gasteiger partial charge in [0, 0.05) is 18.8 Å². The number of aliphatic hydroxyl groups excluding tert-OH is 2. The second-order valence-electron chi connectivity index (χ2n) is 5.46. The molecule has 0 aliphatic carbocycles. The van der Waals surface area contributed by atoms with Crippen LogP contribution in [0.15, 0.2) is 64.4 Å². The molecule has 0 aromatic heterocycles. The van der Waals surface area contributed by atoms with Crippen LogP contribution in [0.25, 0.3) is 6.08 Å².